The van der Waals surface area contributed by atoms with Crippen LogP contribution in [-0.4, -0.2) is 6.41 Å². The lowest BCUT2D eigenvalue weighted by atomic mass is 10.1. The number of carbonyl (C=O) groups excluding carboxylic acids is 1. The number of fused-ring (bicyclic) bond motifs is 1. The zero-order chi connectivity index (χ0) is 9.97. The van der Waals surface area contributed by atoms with Gasteiger partial charge in [0.2, 0.25) is 6.41 Å². The van der Waals surface area contributed by atoms with Crippen molar-refractivity contribution in [1.29, 1.82) is 0 Å². The molecule has 2 rings (SSSR count). The van der Waals surface area contributed by atoms with Crippen molar-refractivity contribution in [2.75, 3.05) is 5.32 Å². The summed E-state index contributed by atoms with van der Waals surface area (Å²) < 4.78 is 0. The number of rotatable bonds is 2. The van der Waals surface area contributed by atoms with Crippen LogP contribution >= 0.6 is 0 Å². The maximum atomic E-state index is 10.5. The summed E-state index contributed by atoms with van der Waals surface area (Å²) in [6.45, 7) is 1.98. The molecule has 2 nitrogen and oxygen atoms in total. The van der Waals surface area contributed by atoms with E-state index in [1.165, 1.54) is 0 Å². The molecule has 0 spiro atoms. The van der Waals surface area contributed by atoms with E-state index in [0.717, 1.165) is 28.4 Å². The summed E-state index contributed by atoms with van der Waals surface area (Å²) in [5.41, 5.74) is 1.98. The van der Waals surface area contributed by atoms with Crippen LogP contribution in [0.25, 0.3) is 10.8 Å². The van der Waals surface area contributed by atoms with Crippen LogP contribution in [0.2, 0.25) is 0 Å². The van der Waals surface area contributed by atoms with E-state index in [1.807, 2.05) is 37.3 Å². The van der Waals surface area contributed by atoms with Gasteiger partial charge in [-0.05, 0) is 17.9 Å². The highest BCUT2D eigenvalue weighted by Gasteiger charge is 2.02. The van der Waals surface area contributed by atoms with Crippen molar-refractivity contribution in [1.82, 2.24) is 0 Å². The SMILES string of the molecule is Cc1ccc2ccccc2c1NC=O. The average Bonchev–Trinajstić information content (AvgIpc) is 2.23. The topological polar surface area (TPSA) is 29.1 Å². The molecular weight excluding hydrogens is 174 g/mol. The van der Waals surface area contributed by atoms with Gasteiger partial charge in [-0.1, -0.05) is 36.4 Å². The molecule has 0 atom stereocenters. The summed E-state index contributed by atoms with van der Waals surface area (Å²) in [5, 5.41) is 4.96. The minimum Gasteiger partial charge on any atom is -0.328 e. The van der Waals surface area contributed by atoms with Crippen LogP contribution in [0.4, 0.5) is 5.69 Å². The number of aryl methyl sites for hydroxylation is 1. The number of hydrogen-bond donors (Lipinski definition) is 1. The summed E-state index contributed by atoms with van der Waals surface area (Å²) >= 11 is 0. The minimum absolute atomic E-state index is 0.717. The van der Waals surface area contributed by atoms with Gasteiger partial charge in [-0.25, -0.2) is 0 Å². The molecule has 0 radical (unpaired) electrons. The van der Waals surface area contributed by atoms with E-state index >= 15 is 0 Å². The van der Waals surface area contributed by atoms with Crippen LogP contribution in [-0.2, 0) is 4.79 Å². The van der Waals surface area contributed by atoms with Crippen LogP contribution in [0.3, 0.4) is 0 Å². The van der Waals surface area contributed by atoms with Crippen LogP contribution in [0.15, 0.2) is 36.4 Å². The van der Waals surface area contributed by atoms with E-state index in [-0.39, 0.29) is 0 Å². The first-order chi connectivity index (χ1) is 6.83. The molecule has 70 valence electrons. The van der Waals surface area contributed by atoms with E-state index in [0.29, 0.717) is 0 Å². The van der Waals surface area contributed by atoms with Gasteiger partial charge in [0.05, 0.1) is 5.69 Å². The maximum absolute atomic E-state index is 10.5. The molecule has 0 unspecified atom stereocenters. The number of hydrogen-bond acceptors (Lipinski definition) is 1. The predicted molar refractivity (Wildman–Crippen MR) is 58.4 cm³/mol. The van der Waals surface area contributed by atoms with Crippen LogP contribution in [0.1, 0.15) is 5.56 Å². The second-order valence-corrected chi connectivity index (χ2v) is 3.24. The van der Waals surface area contributed by atoms with E-state index < -0.39 is 0 Å². The van der Waals surface area contributed by atoms with Crippen molar-refractivity contribution >= 4 is 22.9 Å². The smallest absolute Gasteiger partial charge is 0.211 e. The van der Waals surface area contributed by atoms with Gasteiger partial charge in [0, 0.05) is 5.39 Å². The third kappa shape index (κ3) is 1.35. The lowest BCUT2D eigenvalue weighted by molar-refractivity contribution is -0.105. The van der Waals surface area contributed by atoms with Gasteiger partial charge in [-0.15, -0.1) is 0 Å². The molecule has 0 aliphatic carbocycles. The van der Waals surface area contributed by atoms with Crippen molar-refractivity contribution in [3.8, 4) is 0 Å². The summed E-state index contributed by atoms with van der Waals surface area (Å²) in [5.74, 6) is 0. The van der Waals surface area contributed by atoms with Crippen LogP contribution < -0.4 is 5.32 Å². The van der Waals surface area contributed by atoms with E-state index in [4.69, 9.17) is 0 Å². The van der Waals surface area contributed by atoms with Gasteiger partial charge in [0.15, 0.2) is 0 Å². The Labute approximate surface area is 82.6 Å². The second kappa shape index (κ2) is 3.50. The van der Waals surface area contributed by atoms with Crippen molar-refractivity contribution in [3.63, 3.8) is 0 Å². The zero-order valence-electron chi connectivity index (χ0n) is 7.95. The molecule has 0 heterocycles. The van der Waals surface area contributed by atoms with Crippen molar-refractivity contribution in [2.24, 2.45) is 0 Å². The Bertz CT molecular complexity index is 477. The van der Waals surface area contributed by atoms with E-state index in [2.05, 4.69) is 11.4 Å². The third-order valence-corrected chi connectivity index (χ3v) is 2.34. The zero-order valence-corrected chi connectivity index (χ0v) is 7.95. The highest BCUT2D eigenvalue weighted by molar-refractivity contribution is 5.98. The third-order valence-electron chi connectivity index (χ3n) is 2.34. The molecule has 2 heteroatoms. The van der Waals surface area contributed by atoms with Gasteiger partial charge in [0.25, 0.3) is 0 Å². The first kappa shape index (κ1) is 8.75. The molecule has 2 aromatic carbocycles. The monoisotopic (exact) mass is 185 g/mol. The summed E-state index contributed by atoms with van der Waals surface area (Å²) in [6, 6.07) is 12.1. The first-order valence-electron chi connectivity index (χ1n) is 4.51. The Morgan fingerprint density at radius 3 is 2.71 bits per heavy atom. The molecule has 1 amide bonds. The molecule has 0 aliphatic heterocycles. The Kier molecular flexibility index (Phi) is 2.19. The minimum atomic E-state index is 0.717. The fraction of sp³-hybridized carbons (Fsp3) is 0.0833. The molecule has 1 N–H and O–H groups in total. The Morgan fingerprint density at radius 1 is 1.14 bits per heavy atom. The maximum Gasteiger partial charge on any atom is 0.211 e. The largest absolute Gasteiger partial charge is 0.328 e. The molecule has 0 saturated heterocycles. The molecule has 0 saturated carbocycles. The molecule has 0 aliphatic rings. The number of nitrogens with one attached hydrogen (secondary N) is 1. The van der Waals surface area contributed by atoms with Gasteiger partial charge >= 0.3 is 0 Å². The molecule has 2 aromatic rings. The highest BCUT2D eigenvalue weighted by atomic mass is 16.1. The van der Waals surface area contributed by atoms with Crippen molar-refractivity contribution in [3.05, 3.63) is 42.0 Å². The second-order valence-electron chi connectivity index (χ2n) is 3.24. The normalized spacial score (nSPS) is 10.1. The number of anilines is 1. The molecule has 0 bridgehead atoms. The number of carbonyl (C=O) groups is 1. The summed E-state index contributed by atoms with van der Waals surface area (Å²) in [6.07, 6.45) is 0.717. The number of benzene rings is 2. The predicted octanol–water partition coefficient (Wildman–Crippen LogP) is 2.72. The Balaban J connectivity index is 2.75. The van der Waals surface area contributed by atoms with Crippen molar-refractivity contribution < 1.29 is 4.79 Å². The Morgan fingerprint density at radius 2 is 1.93 bits per heavy atom. The molecular formula is C12H11NO. The van der Waals surface area contributed by atoms with E-state index in [1.54, 1.807) is 0 Å². The first-order valence-corrected chi connectivity index (χ1v) is 4.51. The van der Waals surface area contributed by atoms with Gasteiger partial charge < -0.3 is 5.32 Å². The molecule has 14 heavy (non-hydrogen) atoms. The quantitative estimate of drug-likeness (QED) is 0.716. The van der Waals surface area contributed by atoms with Crippen molar-refractivity contribution in [2.45, 2.75) is 6.92 Å². The molecule has 0 aromatic heterocycles. The Hall–Kier alpha value is -1.83. The fourth-order valence-electron chi connectivity index (χ4n) is 1.63. The molecule has 0 fully saturated rings. The van der Waals surface area contributed by atoms with E-state index in [9.17, 15) is 4.79 Å². The van der Waals surface area contributed by atoms with Gasteiger partial charge in [-0.3, -0.25) is 4.79 Å². The highest BCUT2D eigenvalue weighted by Crippen LogP contribution is 2.26. The number of amides is 1. The lowest BCUT2D eigenvalue weighted by Crippen LogP contribution is -1.97. The summed E-state index contributed by atoms with van der Waals surface area (Å²) in [4.78, 5) is 10.5. The van der Waals surface area contributed by atoms with Crippen LogP contribution in [0, 0.1) is 6.92 Å². The van der Waals surface area contributed by atoms with Crippen LogP contribution in [0.5, 0.6) is 0 Å². The lowest BCUT2D eigenvalue weighted by Gasteiger charge is -2.08. The van der Waals surface area contributed by atoms with Gasteiger partial charge in [-0.2, -0.15) is 0 Å². The fourth-order valence-corrected chi connectivity index (χ4v) is 1.63. The standard InChI is InChI=1S/C12H11NO/c1-9-6-7-10-4-2-3-5-11(10)12(9)13-8-14/h2-8H,1H3,(H,13,14). The summed E-state index contributed by atoms with van der Waals surface area (Å²) in [7, 11) is 0. The van der Waals surface area contributed by atoms with Gasteiger partial charge in [0.1, 0.15) is 0 Å². The average molecular weight is 185 g/mol.